The van der Waals surface area contributed by atoms with Crippen LogP contribution in [0.3, 0.4) is 0 Å². The molecule has 0 aliphatic heterocycles. The number of hydrogen-bond acceptors (Lipinski definition) is 15. The monoisotopic (exact) mass is 678 g/mol. The molecule has 0 aromatic rings. The Morgan fingerprint density at radius 1 is 0.483 bits per heavy atom. The zero-order valence-electron chi connectivity index (χ0n) is 14.2. The molecule has 0 saturated heterocycles. The van der Waals surface area contributed by atoms with Crippen LogP contribution in [0.15, 0.2) is 0 Å². The molecule has 0 aliphatic carbocycles. The van der Waals surface area contributed by atoms with Crippen LogP contribution in [0.2, 0.25) is 0 Å². The van der Waals surface area contributed by atoms with Crippen LogP contribution >= 0.6 is 0 Å². The van der Waals surface area contributed by atoms with Gasteiger partial charge in [0.05, 0.1) is 36.2 Å². The molecular formula is C12H12O15Pr2. The summed E-state index contributed by atoms with van der Waals surface area (Å²) in [4.78, 5) is 57.4. The number of hydrogen-bond donors (Lipinski definition) is 3. The average Bonchev–Trinajstić information content (AvgIpc) is 2.46. The first-order valence-corrected chi connectivity index (χ1v) is 6.38. The summed E-state index contributed by atoms with van der Waals surface area (Å²) in [6.45, 7) is 0. The van der Waals surface area contributed by atoms with Gasteiger partial charge in [0.15, 0.2) is 0 Å². The van der Waals surface area contributed by atoms with Crippen LogP contribution in [-0.4, -0.2) is 69.4 Å². The third kappa shape index (κ3) is 32.3. The number of carboxylic acids is 6. The van der Waals surface area contributed by atoms with Gasteiger partial charge in [-0.05, 0) is 0 Å². The molecule has 3 unspecified atom stereocenters. The number of carboxylic acid groups (broad SMARTS) is 6. The van der Waals surface area contributed by atoms with Gasteiger partial charge >= 0.3 is 82.6 Å². The van der Waals surface area contributed by atoms with Crippen LogP contribution in [0, 0.1) is 82.6 Å². The van der Waals surface area contributed by atoms with E-state index >= 15 is 0 Å². The molecule has 17 heteroatoms. The van der Waals surface area contributed by atoms with Crippen molar-refractivity contribution in [2.75, 3.05) is 0 Å². The quantitative estimate of drug-likeness (QED) is 0.204. The van der Waals surface area contributed by atoms with Crippen LogP contribution in [0.5, 0.6) is 0 Å². The van der Waals surface area contributed by atoms with E-state index in [0.717, 1.165) is 0 Å². The molecule has 3 N–H and O–H groups in total. The first-order chi connectivity index (χ1) is 12.1. The summed E-state index contributed by atoms with van der Waals surface area (Å²) in [6.07, 6.45) is -8.67. The topological polar surface area (TPSA) is 301 Å². The minimum atomic E-state index is -1.96. The standard InChI is InChI=1S/3C4H6O5.2Pr/c3*5-2(4(8)9)1-3(6)7;;/h3*2,5H,1H2,(H,6,7)(H,8,9);;/q;;;2*+3/p-6. The van der Waals surface area contributed by atoms with Gasteiger partial charge in [-0.3, -0.25) is 0 Å². The fraction of sp³-hybridized carbons (Fsp3) is 0.500. The minimum Gasteiger partial charge on any atom is -0.550 e. The van der Waals surface area contributed by atoms with Gasteiger partial charge in [0.1, 0.15) is 0 Å². The SMILES string of the molecule is O=C([O-])CC(O)C(=O)[O-].O=C([O-])CC(O)C(=O)[O-].O=C([O-])CC(O)C(=O)[O-].[Pr+3].[Pr+3]. The number of carbonyl (C=O) groups is 6. The van der Waals surface area contributed by atoms with Gasteiger partial charge in [-0.15, -0.1) is 0 Å². The van der Waals surface area contributed by atoms with Crippen LogP contribution in [0.4, 0.5) is 0 Å². The minimum absolute atomic E-state index is 0. The van der Waals surface area contributed by atoms with Gasteiger partial charge in [-0.1, -0.05) is 0 Å². The van der Waals surface area contributed by atoms with Gasteiger partial charge in [-0.25, -0.2) is 0 Å². The van der Waals surface area contributed by atoms with E-state index < -0.39 is 73.4 Å². The van der Waals surface area contributed by atoms with Gasteiger partial charge in [-0.2, -0.15) is 0 Å². The molecule has 0 fully saturated rings. The van der Waals surface area contributed by atoms with Crippen LogP contribution in [-0.2, 0) is 28.8 Å². The Morgan fingerprint density at radius 3 is 0.655 bits per heavy atom. The summed E-state index contributed by atoms with van der Waals surface area (Å²) in [5.74, 6) is -10.3. The fourth-order valence-corrected chi connectivity index (χ4v) is 0.724. The van der Waals surface area contributed by atoms with Gasteiger partial charge in [0.25, 0.3) is 0 Å². The summed E-state index contributed by atoms with van der Waals surface area (Å²) in [7, 11) is 0. The van der Waals surface area contributed by atoms with Crippen molar-refractivity contribution in [3.8, 4) is 0 Å². The third-order valence-electron chi connectivity index (χ3n) is 1.90. The molecule has 0 aliphatic rings. The number of carbonyl (C=O) groups excluding carboxylic acids is 6. The molecule has 0 radical (unpaired) electrons. The van der Waals surface area contributed by atoms with Crippen LogP contribution in [0.1, 0.15) is 19.3 Å². The van der Waals surface area contributed by atoms with Crippen molar-refractivity contribution in [3.05, 3.63) is 0 Å². The van der Waals surface area contributed by atoms with Gasteiger partial charge in [0, 0.05) is 37.2 Å². The largest absolute Gasteiger partial charge is 3.00 e. The first-order valence-electron chi connectivity index (χ1n) is 6.38. The van der Waals surface area contributed by atoms with Crippen molar-refractivity contribution in [2.24, 2.45) is 0 Å². The Labute approximate surface area is 228 Å². The van der Waals surface area contributed by atoms with E-state index in [0.29, 0.717) is 0 Å². The second-order valence-corrected chi connectivity index (χ2v) is 4.23. The summed E-state index contributed by atoms with van der Waals surface area (Å²) in [6, 6.07) is 0. The number of aliphatic carboxylic acids is 6. The predicted molar refractivity (Wildman–Crippen MR) is 61.9 cm³/mol. The molecule has 0 aromatic carbocycles. The summed E-state index contributed by atoms with van der Waals surface area (Å²) in [5.41, 5.74) is 0. The van der Waals surface area contributed by atoms with Crippen molar-refractivity contribution in [3.63, 3.8) is 0 Å². The maximum absolute atomic E-state index is 9.58. The summed E-state index contributed by atoms with van der Waals surface area (Å²) >= 11 is 0. The smallest absolute Gasteiger partial charge is 0.550 e. The van der Waals surface area contributed by atoms with Crippen molar-refractivity contribution >= 4 is 35.8 Å². The van der Waals surface area contributed by atoms with Crippen LogP contribution in [0.25, 0.3) is 0 Å². The van der Waals surface area contributed by atoms with E-state index in [1.54, 1.807) is 0 Å². The zero-order valence-corrected chi connectivity index (χ0v) is 21.7. The van der Waals surface area contributed by atoms with E-state index in [-0.39, 0.29) is 82.6 Å². The van der Waals surface area contributed by atoms with Gasteiger partial charge < -0.3 is 74.7 Å². The van der Waals surface area contributed by atoms with Crippen LogP contribution < -0.4 is 30.6 Å². The Hall–Kier alpha value is -0.573. The molecule has 0 rings (SSSR count). The maximum Gasteiger partial charge on any atom is 3.00 e. The van der Waals surface area contributed by atoms with E-state index in [4.69, 9.17) is 15.3 Å². The maximum atomic E-state index is 9.58. The number of aliphatic hydroxyl groups is 3. The molecule has 3 atom stereocenters. The predicted octanol–water partition coefficient (Wildman–Crippen LogP) is -11.3. The van der Waals surface area contributed by atoms with Gasteiger partial charge in [0.2, 0.25) is 0 Å². The molecular weight excluding hydrogens is 666 g/mol. The van der Waals surface area contributed by atoms with E-state index in [1.807, 2.05) is 0 Å². The third-order valence-corrected chi connectivity index (χ3v) is 1.90. The fourth-order valence-electron chi connectivity index (χ4n) is 0.724. The second kappa shape index (κ2) is 22.1. The van der Waals surface area contributed by atoms with Crippen molar-refractivity contribution in [1.29, 1.82) is 0 Å². The average molecular weight is 678 g/mol. The molecule has 0 bridgehead atoms. The Kier molecular flexibility index (Phi) is 29.7. The number of rotatable bonds is 9. The molecule has 0 spiro atoms. The Bertz CT molecular complexity index is 473. The molecule has 0 aromatic heterocycles. The molecule has 0 heterocycles. The number of aliphatic hydroxyl groups excluding tert-OH is 3. The summed E-state index contributed by atoms with van der Waals surface area (Å²) in [5, 5.41) is 82.0. The van der Waals surface area contributed by atoms with E-state index in [1.165, 1.54) is 0 Å². The normalized spacial score (nSPS) is 11.7. The first kappa shape index (κ1) is 39.0. The second-order valence-electron chi connectivity index (χ2n) is 4.23. The van der Waals surface area contributed by atoms with Crippen molar-refractivity contribution in [2.45, 2.75) is 37.6 Å². The molecule has 15 nitrogen and oxygen atoms in total. The van der Waals surface area contributed by atoms with Crippen molar-refractivity contribution in [1.82, 2.24) is 0 Å². The Morgan fingerprint density at radius 2 is 0.621 bits per heavy atom. The zero-order chi connectivity index (χ0) is 22.3. The summed E-state index contributed by atoms with van der Waals surface area (Å²) < 4.78 is 0. The Balaban J connectivity index is -0.0000000960. The van der Waals surface area contributed by atoms with E-state index in [2.05, 4.69) is 0 Å². The molecule has 0 saturated carbocycles. The molecule has 29 heavy (non-hydrogen) atoms. The molecule has 0 amide bonds. The van der Waals surface area contributed by atoms with E-state index in [9.17, 15) is 59.4 Å². The van der Waals surface area contributed by atoms with Crippen molar-refractivity contribution < 1.29 is 157 Å². The molecule has 156 valence electrons.